The van der Waals surface area contributed by atoms with E-state index in [1.165, 1.54) is 51.7 Å². The van der Waals surface area contributed by atoms with Gasteiger partial charge in [-0.2, -0.15) is 23.5 Å². The molecular formula is C48H87NO11S2. The minimum Gasteiger partial charge on any atom is -0.464 e. The van der Waals surface area contributed by atoms with Crippen molar-refractivity contribution in [2.24, 2.45) is 16.7 Å². The highest BCUT2D eigenvalue weighted by Crippen LogP contribution is 2.43. The van der Waals surface area contributed by atoms with Crippen LogP contribution >= 0.6 is 23.5 Å². The Balaban J connectivity index is 0. The Morgan fingerprint density at radius 2 is 1.24 bits per heavy atom. The Bertz CT molecular complexity index is 1240. The summed E-state index contributed by atoms with van der Waals surface area (Å²) in [5.74, 6) is 0.340. The molecular weight excluding hydrogens is 831 g/mol. The normalized spacial score (nSPS) is 13.3. The molecule has 0 bridgehead atoms. The maximum Gasteiger partial charge on any atom is 0.407 e. The minimum absolute atomic E-state index is 0.00515. The topological polar surface area (TPSA) is 145 Å². The zero-order valence-electron chi connectivity index (χ0n) is 41.2. The van der Waals surface area contributed by atoms with Gasteiger partial charge in [0, 0.05) is 8.48 Å². The quantitative estimate of drug-likeness (QED) is 0.0384. The molecule has 14 heteroatoms. The van der Waals surface area contributed by atoms with Crippen molar-refractivity contribution in [2.75, 3.05) is 90.5 Å². The van der Waals surface area contributed by atoms with Crippen LogP contribution in [0, 0.1) is 16.7 Å². The lowest BCUT2D eigenvalue weighted by molar-refractivity contribution is -0.167. The van der Waals surface area contributed by atoms with Crippen molar-refractivity contribution in [2.45, 2.75) is 139 Å². The van der Waals surface area contributed by atoms with Crippen LogP contribution in [0.15, 0.2) is 30.3 Å². The molecule has 0 spiro atoms. The van der Waals surface area contributed by atoms with Gasteiger partial charge in [0.2, 0.25) is 0 Å². The van der Waals surface area contributed by atoms with Crippen molar-refractivity contribution < 1.29 is 53.7 Å². The van der Waals surface area contributed by atoms with Crippen LogP contribution in [0.2, 0.25) is 0 Å². The lowest BCUT2D eigenvalue weighted by atomic mass is 9.67. The van der Waals surface area contributed by atoms with Gasteiger partial charge in [-0.05, 0) is 88.4 Å². The van der Waals surface area contributed by atoms with E-state index >= 15 is 0 Å². The smallest absolute Gasteiger partial charge is 0.407 e. The molecule has 62 heavy (non-hydrogen) atoms. The molecule has 1 N–H and O–H groups in total. The number of rotatable bonds is 37. The molecule has 3 unspecified atom stereocenters. The predicted molar refractivity (Wildman–Crippen MR) is 256 cm³/mol. The molecule has 0 radical (unpaired) electrons. The van der Waals surface area contributed by atoms with E-state index in [2.05, 4.69) is 24.8 Å². The summed E-state index contributed by atoms with van der Waals surface area (Å²) in [6.07, 6.45) is 17.3. The van der Waals surface area contributed by atoms with E-state index in [1.54, 1.807) is 21.0 Å². The SMILES string of the molecule is CCC(CC(C)(CC(C)(CC)C(=O)OCc1ccccc1)C(=O)OCCOCCOCCOC)C(=O)OCCNC(=O)OCCCCCCSC.CCCCCCCCSC.[2H]C. The maximum atomic E-state index is 13.8. The number of thioether (sulfide) groups is 2. The molecule has 0 saturated heterocycles. The molecule has 1 aromatic rings. The van der Waals surface area contributed by atoms with Crippen LogP contribution in [0.3, 0.4) is 0 Å². The van der Waals surface area contributed by atoms with Gasteiger partial charge in [0.1, 0.15) is 19.8 Å². The summed E-state index contributed by atoms with van der Waals surface area (Å²) in [4.78, 5) is 52.5. The molecule has 0 aliphatic carbocycles. The first-order valence-electron chi connectivity index (χ1n) is 23.5. The third kappa shape index (κ3) is 31.3. The molecule has 1 amide bonds. The largest absolute Gasteiger partial charge is 0.464 e. The highest BCUT2D eigenvalue weighted by atomic mass is 32.2. The van der Waals surface area contributed by atoms with E-state index in [-0.39, 0.29) is 45.8 Å². The molecule has 1 rings (SSSR count). The number of hydrogen-bond donors (Lipinski definition) is 1. The number of amides is 1. The van der Waals surface area contributed by atoms with Gasteiger partial charge in [-0.15, -0.1) is 0 Å². The molecule has 0 aromatic heterocycles. The van der Waals surface area contributed by atoms with Crippen LogP contribution in [0.1, 0.15) is 139 Å². The number of ether oxygens (including phenoxy) is 7. The second-order valence-corrected chi connectivity index (χ2v) is 17.7. The number of carbonyl (C=O) groups excluding carboxylic acids is 4. The first kappa shape index (κ1) is 59.5. The number of nitrogens with one attached hydrogen (secondary N) is 1. The van der Waals surface area contributed by atoms with Crippen molar-refractivity contribution in [3.63, 3.8) is 0 Å². The summed E-state index contributed by atoms with van der Waals surface area (Å²) in [5.41, 5.74) is -1.43. The standard InChI is InChI=1S/C38H63NO11S.C9H20S.CH4/c1-7-32(33(40)47-20-18-39-36(43)49-19-14-9-10-15-27-51-6)28-38(4,35(42)48-26-25-46-24-23-45-22-21-44-5)30-37(3,8-2)34(41)50-29-31-16-12-11-13-17-31;1-3-4-5-6-7-8-9-10-2;/h11-13,16-17,32H,7-10,14-15,18-30H2,1-6H3,(H,39,43);3-9H2,1-2H3;1H4/i;;1D. The summed E-state index contributed by atoms with van der Waals surface area (Å²) >= 11 is 3.79. The third-order valence-corrected chi connectivity index (χ3v) is 11.7. The van der Waals surface area contributed by atoms with Crippen LogP contribution in [0.4, 0.5) is 4.79 Å². The van der Waals surface area contributed by atoms with E-state index in [0.717, 1.165) is 37.0 Å². The molecule has 0 aliphatic rings. The van der Waals surface area contributed by atoms with Crippen molar-refractivity contribution in [3.05, 3.63) is 35.9 Å². The first-order valence-corrected chi connectivity index (χ1v) is 25.3. The Morgan fingerprint density at radius 1 is 0.677 bits per heavy atom. The zero-order valence-corrected chi connectivity index (χ0v) is 41.8. The van der Waals surface area contributed by atoms with E-state index in [1.807, 2.05) is 67.7 Å². The lowest BCUT2D eigenvalue weighted by Crippen LogP contribution is -2.42. The summed E-state index contributed by atoms with van der Waals surface area (Å²) in [6.45, 7) is 11.8. The number of unbranched alkanes of at least 4 members (excludes halogenated alkanes) is 8. The fourth-order valence-electron chi connectivity index (χ4n) is 6.46. The number of alkyl carbamates (subject to hydrolysis) is 1. The molecule has 0 aliphatic heterocycles. The second-order valence-electron chi connectivity index (χ2n) is 15.8. The first-order chi connectivity index (χ1) is 30.5. The van der Waals surface area contributed by atoms with Crippen molar-refractivity contribution in [3.8, 4) is 0 Å². The summed E-state index contributed by atoms with van der Waals surface area (Å²) in [5, 5.41) is 2.61. The number of hydrogen-bond acceptors (Lipinski definition) is 13. The molecule has 12 nitrogen and oxygen atoms in total. The average Bonchev–Trinajstić information content (AvgIpc) is 3.30. The monoisotopic (exact) mass is 919 g/mol. The van der Waals surface area contributed by atoms with Crippen LogP contribution in [-0.2, 0) is 54.1 Å². The predicted octanol–water partition coefficient (Wildman–Crippen LogP) is 10.7. The van der Waals surface area contributed by atoms with Gasteiger partial charge in [-0.25, -0.2) is 4.79 Å². The van der Waals surface area contributed by atoms with E-state index in [9.17, 15) is 19.2 Å². The molecule has 0 heterocycles. The maximum absolute atomic E-state index is 13.8. The number of methoxy groups -OCH3 is 1. The Kier molecular flexibility index (Phi) is 39.5. The van der Waals surface area contributed by atoms with Crippen LogP contribution in [-0.4, -0.2) is 115 Å². The lowest BCUT2D eigenvalue weighted by Gasteiger charge is -2.37. The second kappa shape index (κ2) is 41.2. The van der Waals surface area contributed by atoms with Gasteiger partial charge in [0.15, 0.2) is 0 Å². The van der Waals surface area contributed by atoms with Gasteiger partial charge < -0.3 is 38.5 Å². The highest BCUT2D eigenvalue weighted by molar-refractivity contribution is 7.98. The minimum atomic E-state index is -1.24. The van der Waals surface area contributed by atoms with Crippen LogP contribution in [0.5, 0.6) is 0 Å². The van der Waals surface area contributed by atoms with Gasteiger partial charge >= 0.3 is 24.0 Å². The zero-order chi connectivity index (χ0) is 47.5. The number of esters is 3. The van der Waals surface area contributed by atoms with Gasteiger partial charge in [-0.3, -0.25) is 14.4 Å². The van der Waals surface area contributed by atoms with E-state index in [0.29, 0.717) is 45.9 Å². The van der Waals surface area contributed by atoms with Crippen molar-refractivity contribution in [1.29, 1.82) is 0 Å². The summed E-state index contributed by atoms with van der Waals surface area (Å²) in [6, 6.07) is 9.37. The summed E-state index contributed by atoms with van der Waals surface area (Å²) < 4.78 is 43.7. The Labute approximate surface area is 386 Å². The molecule has 3 atom stereocenters. The molecule has 0 fully saturated rings. The van der Waals surface area contributed by atoms with Crippen LogP contribution in [0.25, 0.3) is 0 Å². The molecule has 0 saturated carbocycles. The van der Waals surface area contributed by atoms with Crippen molar-refractivity contribution >= 4 is 47.5 Å². The van der Waals surface area contributed by atoms with Gasteiger partial charge in [0.05, 0.1) is 62.9 Å². The number of benzene rings is 1. The fourth-order valence-corrected chi connectivity index (χ4v) is 7.45. The molecule has 362 valence electrons. The summed E-state index contributed by atoms with van der Waals surface area (Å²) in [7, 11) is 2.85. The van der Waals surface area contributed by atoms with Crippen molar-refractivity contribution in [1.82, 2.24) is 5.32 Å². The van der Waals surface area contributed by atoms with Crippen LogP contribution < -0.4 is 5.32 Å². The molecule has 1 aromatic carbocycles. The third-order valence-electron chi connectivity index (χ3n) is 10.3. The highest BCUT2D eigenvalue weighted by Gasteiger charge is 2.47. The average molecular weight is 919 g/mol. The van der Waals surface area contributed by atoms with E-state index in [4.69, 9.17) is 34.5 Å². The van der Waals surface area contributed by atoms with Gasteiger partial charge in [0.25, 0.3) is 0 Å². The van der Waals surface area contributed by atoms with E-state index < -0.39 is 40.7 Å². The Morgan fingerprint density at radius 3 is 1.82 bits per heavy atom. The number of carbonyl (C=O) groups is 4. The Hall–Kier alpha value is -2.52. The van der Waals surface area contributed by atoms with Gasteiger partial charge in [-0.1, -0.05) is 103 Å². The fraction of sp³-hybridized carbons (Fsp3) is 0.792.